The topological polar surface area (TPSA) is 73.6 Å². The van der Waals surface area contributed by atoms with Crippen LogP contribution < -0.4 is 20.5 Å². The summed E-state index contributed by atoms with van der Waals surface area (Å²) in [6, 6.07) is 3.62. The van der Waals surface area contributed by atoms with Gasteiger partial charge >= 0.3 is 6.29 Å². The molecule has 3 N–H and O–H groups in total. The highest BCUT2D eigenvalue weighted by molar-refractivity contribution is 5.83. The molecule has 1 aromatic rings. The van der Waals surface area contributed by atoms with Crippen LogP contribution in [0, 0.1) is 0 Å². The summed E-state index contributed by atoms with van der Waals surface area (Å²) in [4.78, 5) is 11.1. The number of hydrogen-bond donors (Lipinski definition) is 2. The monoisotopic (exact) mass is 258 g/mol. The van der Waals surface area contributed by atoms with E-state index in [0.29, 0.717) is 12.1 Å². The molecular formula is C11H12F2N2O3. The SMILES string of the molecule is CCC(Nc1ccc2c(c1)OC(F)(F)O2)C(N)=O. The zero-order valence-corrected chi connectivity index (χ0v) is 9.57. The van der Waals surface area contributed by atoms with Crippen molar-refractivity contribution in [3.8, 4) is 11.5 Å². The first-order valence-electron chi connectivity index (χ1n) is 5.37. The summed E-state index contributed by atoms with van der Waals surface area (Å²) < 4.78 is 34.1. The Morgan fingerprint density at radius 1 is 1.44 bits per heavy atom. The molecule has 98 valence electrons. The predicted molar refractivity (Wildman–Crippen MR) is 59.5 cm³/mol. The number of anilines is 1. The van der Waals surface area contributed by atoms with Crippen molar-refractivity contribution in [2.45, 2.75) is 25.7 Å². The fourth-order valence-electron chi connectivity index (χ4n) is 1.61. The molecule has 0 radical (unpaired) electrons. The third-order valence-electron chi connectivity index (χ3n) is 2.49. The Morgan fingerprint density at radius 2 is 2.11 bits per heavy atom. The molecule has 1 amide bonds. The van der Waals surface area contributed by atoms with Crippen LogP contribution in [0.1, 0.15) is 13.3 Å². The Kier molecular flexibility index (Phi) is 2.98. The molecule has 1 aliphatic rings. The average molecular weight is 258 g/mol. The average Bonchev–Trinajstić information content (AvgIpc) is 2.58. The number of fused-ring (bicyclic) bond motifs is 1. The van der Waals surface area contributed by atoms with Gasteiger partial charge in [-0.3, -0.25) is 4.79 Å². The molecule has 1 unspecified atom stereocenters. The van der Waals surface area contributed by atoms with Crippen LogP contribution in [0.2, 0.25) is 0 Å². The largest absolute Gasteiger partial charge is 0.586 e. The van der Waals surface area contributed by atoms with Crippen molar-refractivity contribution in [2.24, 2.45) is 5.73 Å². The number of carbonyl (C=O) groups is 1. The predicted octanol–water partition coefficient (Wildman–Crippen LogP) is 1.68. The minimum absolute atomic E-state index is 0.0438. The van der Waals surface area contributed by atoms with Gasteiger partial charge in [-0.1, -0.05) is 6.92 Å². The molecule has 0 saturated heterocycles. The number of nitrogens with one attached hydrogen (secondary N) is 1. The van der Waals surface area contributed by atoms with E-state index in [9.17, 15) is 13.6 Å². The lowest BCUT2D eigenvalue weighted by Gasteiger charge is -2.14. The van der Waals surface area contributed by atoms with Gasteiger partial charge in [0.15, 0.2) is 11.5 Å². The second kappa shape index (κ2) is 4.32. The standard InChI is InChI=1S/C11H12F2N2O3/c1-2-7(10(14)16)15-6-3-4-8-9(5-6)18-11(12,13)17-8/h3-5,7,15H,2H2,1H3,(H2,14,16). The molecule has 0 bridgehead atoms. The van der Waals surface area contributed by atoms with E-state index >= 15 is 0 Å². The van der Waals surface area contributed by atoms with Crippen molar-refractivity contribution in [3.63, 3.8) is 0 Å². The number of primary amides is 1. The van der Waals surface area contributed by atoms with E-state index in [1.54, 1.807) is 6.92 Å². The molecule has 7 heteroatoms. The molecular weight excluding hydrogens is 246 g/mol. The zero-order valence-electron chi connectivity index (χ0n) is 9.57. The number of alkyl halides is 2. The zero-order chi connectivity index (χ0) is 13.3. The van der Waals surface area contributed by atoms with Crippen molar-refractivity contribution < 1.29 is 23.0 Å². The molecule has 1 aromatic carbocycles. The summed E-state index contributed by atoms with van der Waals surface area (Å²) in [6.45, 7) is 1.78. The Labute approximate surface area is 102 Å². The van der Waals surface area contributed by atoms with Crippen LogP contribution in [0.5, 0.6) is 11.5 Å². The van der Waals surface area contributed by atoms with Crippen molar-refractivity contribution in [1.82, 2.24) is 0 Å². The summed E-state index contributed by atoms with van der Waals surface area (Å²) in [6.07, 6.45) is -3.16. The molecule has 0 spiro atoms. The van der Waals surface area contributed by atoms with Gasteiger partial charge < -0.3 is 20.5 Å². The van der Waals surface area contributed by atoms with E-state index < -0.39 is 18.2 Å². The smallest absolute Gasteiger partial charge is 0.395 e. The minimum atomic E-state index is -3.64. The van der Waals surface area contributed by atoms with E-state index in [4.69, 9.17) is 5.73 Å². The molecule has 5 nitrogen and oxygen atoms in total. The summed E-state index contributed by atoms with van der Waals surface area (Å²) in [5.41, 5.74) is 5.63. The van der Waals surface area contributed by atoms with E-state index in [1.807, 2.05) is 0 Å². The van der Waals surface area contributed by atoms with Crippen LogP contribution in [0.3, 0.4) is 0 Å². The third kappa shape index (κ3) is 2.44. The van der Waals surface area contributed by atoms with Gasteiger partial charge in [0, 0.05) is 11.8 Å². The molecule has 18 heavy (non-hydrogen) atoms. The van der Waals surface area contributed by atoms with Crippen LogP contribution in [-0.4, -0.2) is 18.2 Å². The number of ether oxygens (including phenoxy) is 2. The normalized spacial score (nSPS) is 17.3. The van der Waals surface area contributed by atoms with Gasteiger partial charge in [0.25, 0.3) is 0 Å². The highest BCUT2D eigenvalue weighted by Gasteiger charge is 2.43. The van der Waals surface area contributed by atoms with Crippen molar-refractivity contribution in [2.75, 3.05) is 5.32 Å². The van der Waals surface area contributed by atoms with Gasteiger partial charge in [0.05, 0.1) is 0 Å². The molecule has 0 aliphatic carbocycles. The summed E-state index contributed by atoms with van der Waals surface area (Å²) in [5, 5.41) is 2.83. The maximum absolute atomic E-state index is 12.8. The second-order valence-corrected chi connectivity index (χ2v) is 3.84. The molecule has 1 aliphatic heterocycles. The first-order valence-corrected chi connectivity index (χ1v) is 5.37. The number of amides is 1. The van der Waals surface area contributed by atoms with E-state index in [0.717, 1.165) is 0 Å². The minimum Gasteiger partial charge on any atom is -0.395 e. The Morgan fingerprint density at radius 3 is 2.72 bits per heavy atom. The van der Waals surface area contributed by atoms with Crippen LogP contribution in [-0.2, 0) is 4.79 Å². The van der Waals surface area contributed by atoms with Crippen LogP contribution in [0.25, 0.3) is 0 Å². The second-order valence-electron chi connectivity index (χ2n) is 3.84. The lowest BCUT2D eigenvalue weighted by atomic mass is 10.2. The Bertz CT molecular complexity index is 479. The van der Waals surface area contributed by atoms with Gasteiger partial charge in [0.1, 0.15) is 6.04 Å². The quantitative estimate of drug-likeness (QED) is 0.861. The Hall–Kier alpha value is -2.05. The highest BCUT2D eigenvalue weighted by Crippen LogP contribution is 2.42. The van der Waals surface area contributed by atoms with Crippen molar-refractivity contribution in [1.29, 1.82) is 0 Å². The van der Waals surface area contributed by atoms with Crippen LogP contribution in [0.4, 0.5) is 14.5 Å². The molecule has 1 atom stereocenters. The number of benzene rings is 1. The maximum Gasteiger partial charge on any atom is 0.586 e. The molecule has 0 fully saturated rings. The van der Waals surface area contributed by atoms with E-state index in [1.165, 1.54) is 18.2 Å². The maximum atomic E-state index is 12.8. The molecule has 0 aromatic heterocycles. The van der Waals surface area contributed by atoms with E-state index in [-0.39, 0.29) is 11.5 Å². The number of halogens is 2. The van der Waals surface area contributed by atoms with Gasteiger partial charge in [0.2, 0.25) is 5.91 Å². The molecule has 1 heterocycles. The number of hydrogen-bond acceptors (Lipinski definition) is 4. The van der Waals surface area contributed by atoms with Gasteiger partial charge in [-0.2, -0.15) is 0 Å². The van der Waals surface area contributed by atoms with E-state index in [2.05, 4.69) is 14.8 Å². The first kappa shape index (κ1) is 12.4. The number of rotatable bonds is 4. The summed E-state index contributed by atoms with van der Waals surface area (Å²) in [7, 11) is 0. The Balaban J connectivity index is 2.16. The first-order chi connectivity index (χ1) is 8.41. The number of nitrogens with two attached hydrogens (primary N) is 1. The molecule has 2 rings (SSSR count). The van der Waals surface area contributed by atoms with Crippen LogP contribution in [0.15, 0.2) is 18.2 Å². The number of carbonyl (C=O) groups excluding carboxylic acids is 1. The summed E-state index contributed by atoms with van der Waals surface area (Å²) in [5.74, 6) is -0.637. The molecule has 0 saturated carbocycles. The fraction of sp³-hybridized carbons (Fsp3) is 0.364. The van der Waals surface area contributed by atoms with Crippen molar-refractivity contribution in [3.05, 3.63) is 18.2 Å². The van der Waals surface area contributed by atoms with Gasteiger partial charge in [-0.15, -0.1) is 8.78 Å². The fourth-order valence-corrected chi connectivity index (χ4v) is 1.61. The van der Waals surface area contributed by atoms with Gasteiger partial charge in [-0.05, 0) is 18.6 Å². The third-order valence-corrected chi connectivity index (χ3v) is 2.49. The van der Waals surface area contributed by atoms with Gasteiger partial charge in [-0.25, -0.2) is 0 Å². The lowest BCUT2D eigenvalue weighted by Crippen LogP contribution is -2.34. The van der Waals surface area contributed by atoms with Crippen molar-refractivity contribution >= 4 is 11.6 Å². The lowest BCUT2D eigenvalue weighted by molar-refractivity contribution is -0.286. The summed E-state index contributed by atoms with van der Waals surface area (Å²) >= 11 is 0. The van der Waals surface area contributed by atoms with Crippen LogP contribution >= 0.6 is 0 Å². The highest BCUT2D eigenvalue weighted by atomic mass is 19.3.